The lowest BCUT2D eigenvalue weighted by atomic mass is 9.67. The van der Waals surface area contributed by atoms with Crippen molar-refractivity contribution in [3.63, 3.8) is 0 Å². The lowest BCUT2D eigenvalue weighted by Crippen LogP contribution is -2.48. The van der Waals surface area contributed by atoms with Gasteiger partial charge >= 0.3 is 17.9 Å². The van der Waals surface area contributed by atoms with Crippen LogP contribution in [0.4, 0.5) is 0 Å². The molecule has 0 spiro atoms. The van der Waals surface area contributed by atoms with E-state index in [1.165, 1.54) is 39.0 Å². The summed E-state index contributed by atoms with van der Waals surface area (Å²) >= 11 is 0. The predicted octanol–water partition coefficient (Wildman–Crippen LogP) is 6.98. The summed E-state index contributed by atoms with van der Waals surface area (Å²) in [7, 11) is 0. The predicted molar refractivity (Wildman–Crippen MR) is 150 cm³/mol. The minimum atomic E-state index is -0.643. The van der Waals surface area contributed by atoms with Crippen LogP contribution in [0.3, 0.4) is 0 Å². The van der Waals surface area contributed by atoms with Crippen LogP contribution in [0.5, 0.6) is 0 Å². The Morgan fingerprint density at radius 3 is 2.05 bits per heavy atom. The first-order valence-corrected chi connectivity index (χ1v) is 16.0. The van der Waals surface area contributed by atoms with Crippen LogP contribution in [-0.2, 0) is 28.6 Å². The third-order valence-corrected chi connectivity index (χ3v) is 11.2. The summed E-state index contributed by atoms with van der Waals surface area (Å²) in [6.45, 7) is 16.8. The fraction of sp³-hybridized carbons (Fsp3) is 0.909. The average Bonchev–Trinajstić information content (AvgIpc) is 3.63. The molecule has 2 bridgehead atoms. The topological polar surface area (TPSA) is 78.9 Å². The van der Waals surface area contributed by atoms with Gasteiger partial charge in [-0.2, -0.15) is 0 Å². The number of ether oxygens (including phenoxy) is 3. The first-order chi connectivity index (χ1) is 18.4. The smallest absolute Gasteiger partial charge is 0.310 e. The molecule has 1 saturated heterocycles. The molecule has 0 aromatic heterocycles. The van der Waals surface area contributed by atoms with Gasteiger partial charge < -0.3 is 14.2 Å². The van der Waals surface area contributed by atoms with E-state index >= 15 is 0 Å². The summed E-state index contributed by atoms with van der Waals surface area (Å²) in [4.78, 5) is 36.0. The Morgan fingerprint density at radius 1 is 0.897 bits per heavy atom. The maximum absolute atomic E-state index is 12.6. The van der Waals surface area contributed by atoms with E-state index in [9.17, 15) is 14.4 Å². The molecular formula is C33H54O6. The van der Waals surface area contributed by atoms with Crippen LogP contribution in [0.15, 0.2) is 0 Å². The monoisotopic (exact) mass is 546 g/mol. The fourth-order valence-corrected chi connectivity index (χ4v) is 9.92. The fourth-order valence-electron chi connectivity index (χ4n) is 9.92. The van der Waals surface area contributed by atoms with E-state index in [2.05, 4.69) is 27.7 Å². The molecule has 222 valence electrons. The highest BCUT2D eigenvalue weighted by atomic mass is 16.6. The standard InChI is InChI=1S/C22H36O4.C11H18O2/c1-7-14-9-15(8-2)20-17-10-16(19(14)20)11-22(17,25-13(3)23)12-18(24)26-21(4,5)6;1-3-7-5-8(4-2)10-9(7)6-13-11(10)12/h14-17,19-20H,7-12H2,1-6H3;7-10H,3-6H2,1-2H3. The number of hydrogen-bond donors (Lipinski definition) is 0. The molecule has 0 aromatic rings. The Hall–Kier alpha value is -1.59. The van der Waals surface area contributed by atoms with E-state index in [-0.39, 0.29) is 30.2 Å². The molecule has 0 aromatic carbocycles. The Balaban J connectivity index is 0.000000226. The highest BCUT2D eigenvalue weighted by Crippen LogP contribution is 2.68. The van der Waals surface area contributed by atoms with Gasteiger partial charge in [-0.25, -0.2) is 0 Å². The molecule has 39 heavy (non-hydrogen) atoms. The van der Waals surface area contributed by atoms with Crippen LogP contribution in [-0.4, -0.2) is 35.7 Å². The second-order valence-corrected chi connectivity index (χ2v) is 14.3. The highest BCUT2D eigenvalue weighted by Gasteiger charge is 2.67. The van der Waals surface area contributed by atoms with Gasteiger partial charge in [0.15, 0.2) is 0 Å². The van der Waals surface area contributed by atoms with Gasteiger partial charge in [0.2, 0.25) is 0 Å². The molecule has 1 aliphatic heterocycles. The van der Waals surface area contributed by atoms with Gasteiger partial charge in [-0.15, -0.1) is 0 Å². The second-order valence-electron chi connectivity index (χ2n) is 14.3. The molecule has 11 unspecified atom stereocenters. The van der Waals surface area contributed by atoms with Crippen molar-refractivity contribution in [1.82, 2.24) is 0 Å². The Morgan fingerprint density at radius 2 is 1.49 bits per heavy atom. The molecule has 0 N–H and O–H groups in total. The maximum Gasteiger partial charge on any atom is 0.310 e. The summed E-state index contributed by atoms with van der Waals surface area (Å²) < 4.78 is 16.7. The van der Waals surface area contributed by atoms with Crippen molar-refractivity contribution in [2.24, 2.45) is 59.2 Å². The van der Waals surface area contributed by atoms with Crippen molar-refractivity contribution in [2.45, 2.75) is 124 Å². The molecule has 1 heterocycles. The van der Waals surface area contributed by atoms with E-state index in [0.29, 0.717) is 42.1 Å². The summed E-state index contributed by atoms with van der Waals surface area (Å²) in [5, 5.41) is 0. The lowest BCUT2D eigenvalue weighted by molar-refractivity contribution is -0.180. The largest absolute Gasteiger partial charge is 0.465 e. The molecular weight excluding hydrogens is 492 g/mol. The van der Waals surface area contributed by atoms with Gasteiger partial charge in [0.1, 0.15) is 11.2 Å². The number of rotatable bonds is 7. The average molecular weight is 547 g/mol. The Kier molecular flexibility index (Phi) is 9.13. The molecule has 0 amide bonds. The van der Waals surface area contributed by atoms with Crippen molar-refractivity contribution < 1.29 is 28.6 Å². The second kappa shape index (κ2) is 11.7. The van der Waals surface area contributed by atoms with Crippen LogP contribution in [0.25, 0.3) is 0 Å². The van der Waals surface area contributed by atoms with Gasteiger partial charge in [0, 0.05) is 18.8 Å². The molecule has 6 nitrogen and oxygen atoms in total. The van der Waals surface area contributed by atoms with Crippen molar-refractivity contribution in [2.75, 3.05) is 6.61 Å². The summed E-state index contributed by atoms with van der Waals surface area (Å²) in [5.74, 6) is 5.48. The summed E-state index contributed by atoms with van der Waals surface area (Å²) in [5.41, 5.74) is -1.16. The third kappa shape index (κ3) is 5.91. The molecule has 5 aliphatic rings. The number of fused-ring (bicyclic) bond motifs is 6. The van der Waals surface area contributed by atoms with E-state index in [1.807, 2.05) is 20.8 Å². The molecule has 4 aliphatic carbocycles. The SMILES string of the molecule is CCC1CC(CC)C2C(=O)OCC12.CCC1CC(CC)C2C1C1CC2C(CC(=O)OC(C)(C)C)(OC(C)=O)C1. The van der Waals surface area contributed by atoms with E-state index in [1.54, 1.807) is 0 Å². The van der Waals surface area contributed by atoms with Crippen LogP contribution < -0.4 is 0 Å². The van der Waals surface area contributed by atoms with Gasteiger partial charge in [-0.05, 0) is 87.9 Å². The van der Waals surface area contributed by atoms with Crippen LogP contribution >= 0.6 is 0 Å². The normalized spacial score (nSPS) is 41.9. The zero-order valence-corrected chi connectivity index (χ0v) is 25.8. The van der Waals surface area contributed by atoms with Crippen molar-refractivity contribution in [3.8, 4) is 0 Å². The van der Waals surface area contributed by atoms with E-state index in [0.717, 1.165) is 37.0 Å². The number of cyclic esters (lactones) is 1. The number of esters is 3. The van der Waals surface area contributed by atoms with Crippen LogP contribution in [0.1, 0.15) is 113 Å². The lowest BCUT2D eigenvalue weighted by Gasteiger charge is -2.44. The van der Waals surface area contributed by atoms with Crippen LogP contribution in [0, 0.1) is 59.2 Å². The van der Waals surface area contributed by atoms with Crippen LogP contribution in [0.2, 0.25) is 0 Å². The number of carbonyl (C=O) groups excluding carboxylic acids is 3. The molecule has 5 rings (SSSR count). The molecule has 6 heteroatoms. The highest BCUT2D eigenvalue weighted by molar-refractivity contribution is 5.75. The summed E-state index contributed by atoms with van der Waals surface area (Å²) in [6, 6.07) is 0. The van der Waals surface area contributed by atoms with Gasteiger partial charge in [-0.3, -0.25) is 14.4 Å². The minimum Gasteiger partial charge on any atom is -0.465 e. The van der Waals surface area contributed by atoms with Gasteiger partial charge in [0.05, 0.1) is 18.9 Å². The Bertz CT molecular complexity index is 906. The van der Waals surface area contributed by atoms with Gasteiger partial charge in [-0.1, -0.05) is 53.4 Å². The first-order valence-electron chi connectivity index (χ1n) is 16.0. The molecule has 0 radical (unpaired) electrons. The Labute approximate surface area is 236 Å². The molecule has 5 fully saturated rings. The van der Waals surface area contributed by atoms with E-state index < -0.39 is 11.2 Å². The molecule has 11 atom stereocenters. The summed E-state index contributed by atoms with van der Waals surface area (Å²) in [6.07, 6.45) is 9.47. The minimum absolute atomic E-state index is 0.0767. The van der Waals surface area contributed by atoms with Crippen molar-refractivity contribution >= 4 is 17.9 Å². The maximum atomic E-state index is 12.6. The number of carbonyl (C=O) groups is 3. The number of hydrogen-bond acceptors (Lipinski definition) is 6. The quantitative estimate of drug-likeness (QED) is 0.253. The molecule has 4 saturated carbocycles. The van der Waals surface area contributed by atoms with Gasteiger partial charge in [0.25, 0.3) is 0 Å². The zero-order valence-electron chi connectivity index (χ0n) is 25.8. The first kappa shape index (κ1) is 30.4. The third-order valence-electron chi connectivity index (χ3n) is 11.2. The van der Waals surface area contributed by atoms with Crippen molar-refractivity contribution in [1.29, 1.82) is 0 Å². The van der Waals surface area contributed by atoms with E-state index in [4.69, 9.17) is 14.2 Å². The zero-order chi connectivity index (χ0) is 28.7. The van der Waals surface area contributed by atoms with Crippen molar-refractivity contribution in [3.05, 3.63) is 0 Å².